The molecule has 4 aromatic rings. The SMILES string of the molecule is C.C.CCCN1C[C@@H](COc2ccc3c(c2)C(=O)NC3)[C@H](c2ccc(OC)cc2)C1.COc1ccc([C@@H]2CNC[C@H]2COc2ccc3c(c2)C(=O)NC3)cc1.Cl.Cl. The van der Waals surface area contributed by atoms with Crippen LogP contribution in [0.4, 0.5) is 0 Å². The maximum absolute atomic E-state index is 11.9. The van der Waals surface area contributed by atoms with Gasteiger partial charge < -0.3 is 39.8 Å². The molecule has 12 heteroatoms. The van der Waals surface area contributed by atoms with E-state index in [0.717, 1.165) is 84.4 Å². The molecule has 3 N–H and O–H groups in total. The summed E-state index contributed by atoms with van der Waals surface area (Å²) in [6.45, 7) is 9.82. The van der Waals surface area contributed by atoms with Gasteiger partial charge in [0.15, 0.2) is 0 Å². The predicted molar refractivity (Wildman–Crippen MR) is 232 cm³/mol. The van der Waals surface area contributed by atoms with E-state index in [9.17, 15) is 9.59 Å². The van der Waals surface area contributed by atoms with Crippen LogP contribution in [0.15, 0.2) is 84.9 Å². The molecule has 4 atom stereocenters. The van der Waals surface area contributed by atoms with E-state index in [-0.39, 0.29) is 51.5 Å². The van der Waals surface area contributed by atoms with Gasteiger partial charge in [-0.25, -0.2) is 0 Å². The number of likely N-dealkylation sites (tertiary alicyclic amines) is 1. The molecule has 4 aliphatic heterocycles. The number of ether oxygens (including phenoxy) is 4. The topological polar surface area (TPSA) is 110 Å². The summed E-state index contributed by atoms with van der Waals surface area (Å²) >= 11 is 0. The first-order valence-corrected chi connectivity index (χ1v) is 18.7. The van der Waals surface area contributed by atoms with Crippen LogP contribution in [0.5, 0.6) is 23.0 Å². The van der Waals surface area contributed by atoms with Gasteiger partial charge in [0.2, 0.25) is 0 Å². The highest BCUT2D eigenvalue weighted by atomic mass is 35.5. The molecular weight excluding hydrogens is 763 g/mol. The van der Waals surface area contributed by atoms with Crippen molar-refractivity contribution in [3.05, 3.63) is 118 Å². The van der Waals surface area contributed by atoms with Crippen LogP contribution in [0.1, 0.15) is 83.0 Å². The normalized spacial score (nSPS) is 20.1. The number of hydrogen-bond acceptors (Lipinski definition) is 8. The number of nitrogens with one attached hydrogen (secondary N) is 3. The molecule has 4 aliphatic rings. The van der Waals surface area contributed by atoms with Gasteiger partial charge >= 0.3 is 0 Å². The zero-order chi connectivity index (χ0) is 36.7. The van der Waals surface area contributed by atoms with Crippen LogP contribution in [0, 0.1) is 11.8 Å². The van der Waals surface area contributed by atoms with E-state index < -0.39 is 0 Å². The lowest BCUT2D eigenvalue weighted by molar-refractivity contribution is 0.0957. The Bertz CT molecular complexity index is 1890. The molecule has 0 spiro atoms. The minimum atomic E-state index is -0.0147. The number of rotatable bonds is 12. The van der Waals surface area contributed by atoms with Crippen molar-refractivity contribution in [2.45, 2.75) is 53.1 Å². The average Bonchev–Trinajstić information content (AvgIpc) is 4.00. The first-order chi connectivity index (χ1) is 25.9. The Morgan fingerprint density at radius 1 is 0.614 bits per heavy atom. The minimum absolute atomic E-state index is 0. The summed E-state index contributed by atoms with van der Waals surface area (Å²) < 4.78 is 22.7. The van der Waals surface area contributed by atoms with Crippen LogP contribution < -0.4 is 34.9 Å². The monoisotopic (exact) mass is 822 g/mol. The van der Waals surface area contributed by atoms with Crippen LogP contribution in [0.25, 0.3) is 0 Å². The molecule has 4 aromatic carbocycles. The summed E-state index contributed by atoms with van der Waals surface area (Å²) in [6, 6.07) is 28.3. The molecule has 57 heavy (non-hydrogen) atoms. The summed E-state index contributed by atoms with van der Waals surface area (Å²) in [5, 5.41) is 9.15. The lowest BCUT2D eigenvalue weighted by Crippen LogP contribution is -2.23. The third-order valence-corrected chi connectivity index (χ3v) is 10.9. The molecule has 0 aliphatic carbocycles. The van der Waals surface area contributed by atoms with Gasteiger partial charge in [0, 0.05) is 74.1 Å². The van der Waals surface area contributed by atoms with Gasteiger partial charge in [0.1, 0.15) is 23.0 Å². The Labute approximate surface area is 351 Å². The van der Waals surface area contributed by atoms with E-state index in [1.54, 1.807) is 14.2 Å². The lowest BCUT2D eigenvalue weighted by atomic mass is 9.89. The highest BCUT2D eigenvalue weighted by Crippen LogP contribution is 2.35. The van der Waals surface area contributed by atoms with Crippen molar-refractivity contribution in [3.8, 4) is 23.0 Å². The number of carbonyl (C=O) groups is 2. The third-order valence-electron chi connectivity index (χ3n) is 10.9. The van der Waals surface area contributed by atoms with Crippen LogP contribution in [0.2, 0.25) is 0 Å². The van der Waals surface area contributed by atoms with Crippen molar-refractivity contribution in [2.24, 2.45) is 11.8 Å². The van der Waals surface area contributed by atoms with Crippen molar-refractivity contribution in [3.63, 3.8) is 0 Å². The minimum Gasteiger partial charge on any atom is -0.497 e. The second kappa shape index (κ2) is 21.9. The fourth-order valence-corrected chi connectivity index (χ4v) is 7.98. The molecule has 8 rings (SSSR count). The molecule has 2 saturated heterocycles. The largest absolute Gasteiger partial charge is 0.497 e. The number of hydrogen-bond donors (Lipinski definition) is 3. The van der Waals surface area contributed by atoms with E-state index in [0.29, 0.717) is 50.0 Å². The highest BCUT2D eigenvalue weighted by Gasteiger charge is 2.34. The van der Waals surface area contributed by atoms with Crippen molar-refractivity contribution in [2.75, 3.05) is 60.2 Å². The van der Waals surface area contributed by atoms with Gasteiger partial charge in [-0.1, -0.05) is 58.2 Å². The molecular formula is C45H60Cl2N4O6. The van der Waals surface area contributed by atoms with Gasteiger partial charge in [0.25, 0.3) is 11.8 Å². The number of methoxy groups -OCH3 is 2. The number of fused-ring (bicyclic) bond motifs is 2. The van der Waals surface area contributed by atoms with Gasteiger partial charge in [-0.3, -0.25) is 9.59 Å². The molecule has 0 unspecified atom stereocenters. The summed E-state index contributed by atoms with van der Waals surface area (Å²) in [5.41, 5.74) is 6.19. The number of amides is 2. The zero-order valence-electron chi connectivity index (χ0n) is 31.7. The van der Waals surface area contributed by atoms with Crippen LogP contribution in [-0.2, 0) is 13.1 Å². The zero-order valence-corrected chi connectivity index (χ0v) is 33.3. The Morgan fingerprint density at radius 2 is 1.09 bits per heavy atom. The maximum atomic E-state index is 11.9. The molecule has 310 valence electrons. The van der Waals surface area contributed by atoms with Crippen LogP contribution in [-0.4, -0.2) is 76.9 Å². The van der Waals surface area contributed by atoms with E-state index in [1.807, 2.05) is 60.7 Å². The number of nitrogens with zero attached hydrogens (tertiary/aromatic N) is 1. The molecule has 0 saturated carbocycles. The number of carbonyl (C=O) groups excluding carboxylic acids is 2. The molecule has 0 bridgehead atoms. The first-order valence-electron chi connectivity index (χ1n) is 18.7. The van der Waals surface area contributed by atoms with E-state index >= 15 is 0 Å². The van der Waals surface area contributed by atoms with E-state index in [2.05, 4.69) is 52.0 Å². The first kappa shape index (κ1) is 46.9. The maximum Gasteiger partial charge on any atom is 0.252 e. The van der Waals surface area contributed by atoms with Gasteiger partial charge in [-0.15, -0.1) is 24.8 Å². The predicted octanol–water partition coefficient (Wildman–Crippen LogP) is 7.88. The molecule has 10 nitrogen and oxygen atoms in total. The summed E-state index contributed by atoms with van der Waals surface area (Å²) in [4.78, 5) is 26.2. The number of benzene rings is 4. The van der Waals surface area contributed by atoms with Gasteiger partial charge in [-0.05, 0) is 83.8 Å². The van der Waals surface area contributed by atoms with E-state index in [4.69, 9.17) is 18.9 Å². The molecule has 4 heterocycles. The average molecular weight is 824 g/mol. The van der Waals surface area contributed by atoms with Gasteiger partial charge in [-0.2, -0.15) is 0 Å². The quantitative estimate of drug-likeness (QED) is 0.133. The fraction of sp³-hybridized carbons (Fsp3) is 0.422. The standard InChI is InChI=1S/C23H28N2O3.C20H22N2O3.2CH4.2ClH/c1-3-10-25-13-18(22(14-25)16-4-7-19(27-2)8-5-16)15-28-20-9-6-17-12-24-23(26)21(17)11-20;1-24-16-5-2-13(3-6-16)19-11-21-9-15(19)12-25-17-7-4-14-10-22-20(23)18(14)8-17;;;;/h4-9,11,18,22H,3,10,12-15H2,1-2H3,(H,24,26);2-8,15,19,21H,9-12H2,1H3,(H,22,23);2*1H4;2*1H/t18-,22-;15-,19-;;;;/m00..../s1. The van der Waals surface area contributed by atoms with Crippen molar-refractivity contribution < 1.29 is 28.5 Å². The summed E-state index contributed by atoms with van der Waals surface area (Å²) in [5.74, 6) is 4.95. The second-order valence-electron chi connectivity index (χ2n) is 14.3. The lowest BCUT2D eigenvalue weighted by Gasteiger charge is -2.20. The number of halogens is 2. The molecule has 0 aromatic heterocycles. The van der Waals surface area contributed by atoms with Crippen LogP contribution in [0.3, 0.4) is 0 Å². The van der Waals surface area contributed by atoms with Crippen molar-refractivity contribution in [1.82, 2.24) is 20.9 Å². The van der Waals surface area contributed by atoms with Gasteiger partial charge in [0.05, 0.1) is 27.4 Å². The Morgan fingerprint density at radius 3 is 1.58 bits per heavy atom. The third kappa shape index (κ3) is 11.1. The molecule has 0 radical (unpaired) electrons. The Kier molecular flexibility index (Phi) is 18.0. The smallest absolute Gasteiger partial charge is 0.252 e. The summed E-state index contributed by atoms with van der Waals surface area (Å²) in [7, 11) is 3.38. The highest BCUT2D eigenvalue weighted by molar-refractivity contribution is 5.99. The summed E-state index contributed by atoms with van der Waals surface area (Å²) in [6.07, 6.45) is 1.16. The molecule has 2 fully saturated rings. The van der Waals surface area contributed by atoms with Crippen molar-refractivity contribution >= 4 is 36.6 Å². The Hall–Kier alpha value is -4.48. The van der Waals surface area contributed by atoms with Crippen LogP contribution >= 0.6 is 24.8 Å². The van der Waals surface area contributed by atoms with Crippen molar-refractivity contribution in [1.29, 1.82) is 0 Å². The van der Waals surface area contributed by atoms with E-state index in [1.165, 1.54) is 11.1 Å². The Balaban J connectivity index is 0.000000287. The second-order valence-corrected chi connectivity index (χ2v) is 14.3. The fourth-order valence-electron chi connectivity index (χ4n) is 7.98. The molecule has 2 amide bonds.